The Labute approximate surface area is 163 Å². The Balaban J connectivity index is 0.00000196. The summed E-state index contributed by atoms with van der Waals surface area (Å²) in [6, 6.07) is 19.2. The topological polar surface area (TPSA) is 20.3 Å². The molecule has 1 heterocycles. The number of fused-ring (bicyclic) bond motifs is 4. The highest BCUT2D eigenvalue weighted by atomic mass is 35.5. The molecular formula is C23H28ClNO. The number of hydrogen-bond donors (Lipinski definition) is 0. The first-order valence-corrected chi connectivity index (χ1v) is 9.50. The van der Waals surface area contributed by atoms with E-state index in [1.165, 1.54) is 12.0 Å². The van der Waals surface area contributed by atoms with Gasteiger partial charge in [-0.25, -0.2) is 0 Å². The maximum absolute atomic E-state index is 12.5. The van der Waals surface area contributed by atoms with Gasteiger partial charge in [-0.2, -0.15) is 0 Å². The Hall–Kier alpha value is -1.64. The smallest absolute Gasteiger partial charge is 0.164 e. The second-order valence-electron chi connectivity index (χ2n) is 7.96. The van der Waals surface area contributed by atoms with E-state index in [1.807, 2.05) is 30.3 Å². The maximum atomic E-state index is 12.5. The first-order chi connectivity index (χ1) is 12.1. The number of halogens is 1. The summed E-state index contributed by atoms with van der Waals surface area (Å²) in [5.41, 5.74) is 4.18. The van der Waals surface area contributed by atoms with Crippen molar-refractivity contribution >= 4 is 18.2 Å². The van der Waals surface area contributed by atoms with E-state index in [0.29, 0.717) is 18.4 Å². The molecule has 138 valence electrons. The van der Waals surface area contributed by atoms with Crippen molar-refractivity contribution < 1.29 is 4.79 Å². The standard InChI is InChI=1S/C23H27NO.ClH/c1-17-21-16-19-10-6-7-11-20(19)23(17,2)13-15-24(21)14-12-22(25)18-8-4-3-5-9-18;/h3-11,17,21H,12-16H2,1-2H3;1H. The Bertz CT molecular complexity index is 775. The molecule has 2 bridgehead atoms. The molecule has 3 atom stereocenters. The first-order valence-electron chi connectivity index (χ1n) is 9.50. The monoisotopic (exact) mass is 369 g/mol. The lowest BCUT2D eigenvalue weighted by Crippen LogP contribution is -2.58. The zero-order chi connectivity index (χ0) is 17.4. The highest BCUT2D eigenvalue weighted by molar-refractivity contribution is 5.96. The molecule has 1 saturated heterocycles. The third-order valence-corrected chi connectivity index (χ3v) is 6.75. The Morgan fingerprint density at radius 1 is 1.12 bits per heavy atom. The second-order valence-corrected chi connectivity index (χ2v) is 7.96. The van der Waals surface area contributed by atoms with Gasteiger partial charge < -0.3 is 0 Å². The minimum absolute atomic E-state index is 0. The van der Waals surface area contributed by atoms with Crippen molar-refractivity contribution in [3.63, 3.8) is 0 Å². The van der Waals surface area contributed by atoms with Crippen LogP contribution in [0, 0.1) is 5.92 Å². The lowest BCUT2D eigenvalue weighted by molar-refractivity contribution is 0.0307. The lowest BCUT2D eigenvalue weighted by atomic mass is 9.59. The molecule has 3 unspecified atom stereocenters. The number of carbonyl (C=O) groups is 1. The molecule has 0 radical (unpaired) electrons. The van der Waals surface area contributed by atoms with Crippen molar-refractivity contribution in [3.05, 3.63) is 71.3 Å². The summed E-state index contributed by atoms with van der Waals surface area (Å²) in [4.78, 5) is 15.0. The van der Waals surface area contributed by atoms with E-state index >= 15 is 0 Å². The number of Topliss-reactive ketones (excluding diaryl/α,β-unsaturated/α-hetero) is 1. The molecule has 2 aliphatic rings. The molecular weight excluding hydrogens is 342 g/mol. The normalized spacial score (nSPS) is 27.3. The molecule has 1 fully saturated rings. The largest absolute Gasteiger partial charge is 0.299 e. The van der Waals surface area contributed by atoms with Crippen molar-refractivity contribution in [1.82, 2.24) is 4.90 Å². The van der Waals surface area contributed by atoms with Crippen molar-refractivity contribution in [2.75, 3.05) is 13.1 Å². The fraction of sp³-hybridized carbons (Fsp3) is 0.435. The van der Waals surface area contributed by atoms with Crippen LogP contribution >= 0.6 is 12.4 Å². The number of carbonyl (C=O) groups excluding carboxylic acids is 1. The summed E-state index contributed by atoms with van der Waals surface area (Å²) >= 11 is 0. The Morgan fingerprint density at radius 2 is 1.81 bits per heavy atom. The fourth-order valence-electron chi connectivity index (χ4n) is 4.97. The molecule has 26 heavy (non-hydrogen) atoms. The van der Waals surface area contributed by atoms with Crippen LogP contribution in [0.2, 0.25) is 0 Å². The zero-order valence-corrected chi connectivity index (χ0v) is 16.5. The number of nitrogens with zero attached hydrogens (tertiary/aromatic N) is 1. The lowest BCUT2D eigenvalue weighted by Gasteiger charge is -2.54. The van der Waals surface area contributed by atoms with Gasteiger partial charge in [0.05, 0.1) is 0 Å². The van der Waals surface area contributed by atoms with Crippen LogP contribution in [-0.4, -0.2) is 29.8 Å². The number of benzene rings is 2. The predicted octanol–water partition coefficient (Wildman–Crippen LogP) is 4.91. The van der Waals surface area contributed by atoms with Crippen LogP contribution in [0.3, 0.4) is 0 Å². The average molecular weight is 370 g/mol. The number of piperidine rings is 1. The molecule has 2 aromatic rings. The molecule has 0 spiro atoms. The van der Waals surface area contributed by atoms with Gasteiger partial charge in [-0.1, -0.05) is 68.4 Å². The van der Waals surface area contributed by atoms with Gasteiger partial charge in [0, 0.05) is 24.6 Å². The summed E-state index contributed by atoms with van der Waals surface area (Å²) in [5.74, 6) is 0.890. The third kappa shape index (κ3) is 3.21. The van der Waals surface area contributed by atoms with E-state index in [-0.39, 0.29) is 23.6 Å². The van der Waals surface area contributed by atoms with E-state index in [9.17, 15) is 4.79 Å². The molecule has 0 amide bonds. The highest BCUT2D eigenvalue weighted by Crippen LogP contribution is 2.48. The van der Waals surface area contributed by atoms with Crippen molar-refractivity contribution in [2.45, 2.75) is 44.6 Å². The van der Waals surface area contributed by atoms with Crippen molar-refractivity contribution in [3.8, 4) is 0 Å². The van der Waals surface area contributed by atoms with Crippen LogP contribution in [0.4, 0.5) is 0 Å². The second kappa shape index (κ2) is 7.54. The summed E-state index contributed by atoms with van der Waals surface area (Å²) in [5, 5.41) is 0. The van der Waals surface area contributed by atoms with E-state index < -0.39 is 0 Å². The molecule has 3 heteroatoms. The van der Waals surface area contributed by atoms with Crippen LogP contribution < -0.4 is 0 Å². The molecule has 2 aromatic carbocycles. The zero-order valence-electron chi connectivity index (χ0n) is 15.7. The Morgan fingerprint density at radius 3 is 2.58 bits per heavy atom. The first kappa shape index (κ1) is 19.1. The van der Waals surface area contributed by atoms with Gasteiger partial charge in [-0.3, -0.25) is 9.69 Å². The summed E-state index contributed by atoms with van der Waals surface area (Å²) in [7, 11) is 0. The van der Waals surface area contributed by atoms with Crippen LogP contribution in [-0.2, 0) is 11.8 Å². The SMILES string of the molecule is CC1C2Cc3ccccc3C1(C)CCN2CCC(=O)c1ccccc1.Cl. The van der Waals surface area contributed by atoms with Crippen LogP contribution in [0.15, 0.2) is 54.6 Å². The summed E-state index contributed by atoms with van der Waals surface area (Å²) in [6.45, 7) is 6.82. The van der Waals surface area contributed by atoms with E-state index in [0.717, 1.165) is 25.1 Å². The van der Waals surface area contributed by atoms with Gasteiger partial charge >= 0.3 is 0 Å². The van der Waals surface area contributed by atoms with Gasteiger partial charge in [-0.05, 0) is 41.8 Å². The van der Waals surface area contributed by atoms with Gasteiger partial charge in [0.25, 0.3) is 0 Å². The molecule has 4 rings (SSSR count). The van der Waals surface area contributed by atoms with Gasteiger partial charge in [0.1, 0.15) is 0 Å². The number of hydrogen-bond acceptors (Lipinski definition) is 2. The molecule has 2 nitrogen and oxygen atoms in total. The van der Waals surface area contributed by atoms with Crippen LogP contribution in [0.5, 0.6) is 0 Å². The van der Waals surface area contributed by atoms with Gasteiger partial charge in [-0.15, -0.1) is 12.4 Å². The molecule has 0 saturated carbocycles. The average Bonchev–Trinajstić information content (AvgIpc) is 2.64. The van der Waals surface area contributed by atoms with E-state index in [2.05, 4.69) is 43.0 Å². The number of likely N-dealkylation sites (tertiary alicyclic amines) is 1. The number of rotatable bonds is 4. The van der Waals surface area contributed by atoms with Crippen LogP contribution in [0.25, 0.3) is 0 Å². The summed E-state index contributed by atoms with van der Waals surface area (Å²) < 4.78 is 0. The molecule has 0 aromatic heterocycles. The third-order valence-electron chi connectivity index (χ3n) is 6.75. The van der Waals surface area contributed by atoms with Crippen molar-refractivity contribution in [1.29, 1.82) is 0 Å². The van der Waals surface area contributed by atoms with Crippen molar-refractivity contribution in [2.24, 2.45) is 5.92 Å². The molecule has 1 aliphatic heterocycles. The van der Waals surface area contributed by atoms with E-state index in [1.54, 1.807) is 5.56 Å². The fourth-order valence-corrected chi connectivity index (χ4v) is 4.97. The summed E-state index contributed by atoms with van der Waals surface area (Å²) in [6.07, 6.45) is 2.92. The van der Waals surface area contributed by atoms with E-state index in [4.69, 9.17) is 0 Å². The minimum Gasteiger partial charge on any atom is -0.299 e. The molecule has 1 aliphatic carbocycles. The quantitative estimate of drug-likeness (QED) is 0.714. The molecule has 0 N–H and O–H groups in total. The number of ketones is 1. The van der Waals surface area contributed by atoms with Crippen LogP contribution in [0.1, 0.15) is 48.2 Å². The van der Waals surface area contributed by atoms with Gasteiger partial charge in [0.15, 0.2) is 5.78 Å². The van der Waals surface area contributed by atoms with Gasteiger partial charge in [0.2, 0.25) is 0 Å². The maximum Gasteiger partial charge on any atom is 0.164 e. The highest BCUT2D eigenvalue weighted by Gasteiger charge is 2.47. The Kier molecular flexibility index (Phi) is 5.55. The predicted molar refractivity (Wildman–Crippen MR) is 109 cm³/mol. The minimum atomic E-state index is 0.